The molecule has 1 amide bonds. The monoisotopic (exact) mass is 292 g/mol. The van der Waals surface area contributed by atoms with Gasteiger partial charge in [-0.2, -0.15) is 0 Å². The third kappa shape index (κ3) is 2.91. The number of rotatable bonds is 2. The zero-order valence-corrected chi connectivity index (χ0v) is 13.3. The van der Waals surface area contributed by atoms with Gasteiger partial charge in [0.2, 0.25) is 0 Å². The van der Waals surface area contributed by atoms with E-state index in [4.69, 9.17) is 0 Å². The van der Waals surface area contributed by atoms with Crippen LogP contribution in [0.5, 0.6) is 0 Å². The number of carbonyl (C=O) groups is 1. The van der Waals surface area contributed by atoms with Crippen LogP contribution >= 0.6 is 11.3 Å². The molecule has 1 aromatic rings. The van der Waals surface area contributed by atoms with E-state index in [0.717, 1.165) is 50.3 Å². The van der Waals surface area contributed by atoms with Crippen molar-refractivity contribution in [2.24, 2.45) is 5.92 Å². The molecule has 0 aromatic carbocycles. The van der Waals surface area contributed by atoms with E-state index in [-0.39, 0.29) is 5.91 Å². The number of fused-ring (bicyclic) bond motifs is 1. The minimum absolute atomic E-state index is 0.159. The van der Waals surface area contributed by atoms with Crippen LogP contribution in [0.15, 0.2) is 5.38 Å². The first-order valence-corrected chi connectivity index (χ1v) is 8.60. The van der Waals surface area contributed by atoms with Gasteiger partial charge in [0.1, 0.15) is 0 Å². The maximum absolute atomic E-state index is 12.5. The molecule has 0 unspecified atom stereocenters. The van der Waals surface area contributed by atoms with E-state index in [9.17, 15) is 4.79 Å². The van der Waals surface area contributed by atoms with Gasteiger partial charge in [0.25, 0.3) is 5.91 Å². The predicted octanol–water partition coefficient (Wildman–Crippen LogP) is 2.70. The lowest BCUT2D eigenvalue weighted by Gasteiger charge is -2.29. The van der Waals surface area contributed by atoms with Crippen LogP contribution in [0, 0.1) is 5.92 Å². The summed E-state index contributed by atoms with van der Waals surface area (Å²) in [5, 5.41) is 5.32. The van der Waals surface area contributed by atoms with Crippen molar-refractivity contribution < 1.29 is 4.79 Å². The molecular formula is C16H24N2OS. The first kappa shape index (κ1) is 14.1. The van der Waals surface area contributed by atoms with Gasteiger partial charge in [-0.25, -0.2) is 0 Å². The Labute approximate surface area is 125 Å². The van der Waals surface area contributed by atoms with Crippen LogP contribution in [0.1, 0.15) is 47.0 Å². The van der Waals surface area contributed by atoms with Crippen LogP contribution in [0.3, 0.4) is 0 Å². The highest BCUT2D eigenvalue weighted by molar-refractivity contribution is 7.10. The SMILES string of the molecule is C[C@@H]1CCc2c(C(=O)NC3CCN(C)CC3)csc2C1. The number of carbonyl (C=O) groups excluding carboxylic acids is 1. The van der Waals surface area contributed by atoms with Crippen molar-refractivity contribution >= 4 is 17.2 Å². The zero-order chi connectivity index (χ0) is 14.1. The molecule has 3 nitrogen and oxygen atoms in total. The Kier molecular flexibility index (Phi) is 4.13. The van der Waals surface area contributed by atoms with Gasteiger partial charge < -0.3 is 10.2 Å². The minimum atomic E-state index is 0.159. The maximum atomic E-state index is 12.5. The molecular weight excluding hydrogens is 268 g/mol. The Bertz CT molecular complexity index is 489. The number of hydrogen-bond donors (Lipinski definition) is 1. The molecule has 2 aliphatic rings. The number of hydrogen-bond acceptors (Lipinski definition) is 3. The Hall–Kier alpha value is -0.870. The molecule has 1 aliphatic heterocycles. The van der Waals surface area contributed by atoms with Gasteiger partial charge in [0.15, 0.2) is 0 Å². The molecule has 1 fully saturated rings. The standard InChI is InChI=1S/C16H24N2OS/c1-11-3-4-13-14(10-20-15(13)9-11)16(19)17-12-5-7-18(2)8-6-12/h10-12H,3-9H2,1-2H3,(H,17,19)/t11-/m1/s1. The van der Waals surface area contributed by atoms with Gasteiger partial charge in [-0.15, -0.1) is 11.3 Å². The number of likely N-dealkylation sites (tertiary alicyclic amines) is 1. The fraction of sp³-hybridized carbons (Fsp3) is 0.688. The second-order valence-electron chi connectivity index (χ2n) is 6.45. The van der Waals surface area contributed by atoms with Gasteiger partial charge in [0.05, 0.1) is 5.56 Å². The molecule has 1 saturated heterocycles. The van der Waals surface area contributed by atoms with Gasteiger partial charge >= 0.3 is 0 Å². The first-order valence-electron chi connectivity index (χ1n) is 7.72. The van der Waals surface area contributed by atoms with E-state index in [1.807, 2.05) is 0 Å². The third-order valence-electron chi connectivity index (χ3n) is 4.70. The van der Waals surface area contributed by atoms with E-state index >= 15 is 0 Å². The van der Waals surface area contributed by atoms with Crippen molar-refractivity contribution in [3.05, 3.63) is 21.4 Å². The van der Waals surface area contributed by atoms with E-state index in [1.54, 1.807) is 11.3 Å². The molecule has 4 heteroatoms. The van der Waals surface area contributed by atoms with E-state index < -0.39 is 0 Å². The van der Waals surface area contributed by atoms with Gasteiger partial charge in [-0.05, 0) is 63.7 Å². The fourth-order valence-corrected chi connectivity index (χ4v) is 4.53. The average Bonchev–Trinajstić information content (AvgIpc) is 2.84. The molecule has 1 N–H and O–H groups in total. The lowest BCUT2D eigenvalue weighted by molar-refractivity contribution is 0.0916. The van der Waals surface area contributed by atoms with E-state index in [0.29, 0.717) is 6.04 Å². The summed E-state index contributed by atoms with van der Waals surface area (Å²) in [6.07, 6.45) is 5.60. The normalized spacial score (nSPS) is 24.4. The van der Waals surface area contributed by atoms with Crippen LogP contribution < -0.4 is 5.32 Å². The highest BCUT2D eigenvalue weighted by atomic mass is 32.1. The van der Waals surface area contributed by atoms with Crippen molar-refractivity contribution in [3.63, 3.8) is 0 Å². The summed E-state index contributed by atoms with van der Waals surface area (Å²) in [6.45, 7) is 4.48. The highest BCUT2D eigenvalue weighted by Crippen LogP contribution is 2.32. The third-order valence-corrected chi connectivity index (χ3v) is 5.75. The van der Waals surface area contributed by atoms with Crippen LogP contribution in [0.2, 0.25) is 0 Å². The summed E-state index contributed by atoms with van der Waals surface area (Å²) in [6, 6.07) is 0.358. The largest absolute Gasteiger partial charge is 0.349 e. The van der Waals surface area contributed by atoms with Crippen LogP contribution in [-0.4, -0.2) is 37.0 Å². The molecule has 0 spiro atoms. The fourth-order valence-electron chi connectivity index (χ4n) is 3.28. The number of nitrogens with one attached hydrogen (secondary N) is 1. The van der Waals surface area contributed by atoms with Crippen molar-refractivity contribution in [1.82, 2.24) is 10.2 Å². The number of piperidine rings is 1. The first-order chi connectivity index (χ1) is 9.63. The molecule has 1 aliphatic carbocycles. The number of nitrogens with zero attached hydrogens (tertiary/aromatic N) is 1. The van der Waals surface area contributed by atoms with Crippen molar-refractivity contribution in [1.29, 1.82) is 0 Å². The second-order valence-corrected chi connectivity index (χ2v) is 7.41. The maximum Gasteiger partial charge on any atom is 0.252 e. The molecule has 1 aromatic heterocycles. The molecule has 0 saturated carbocycles. The minimum Gasteiger partial charge on any atom is -0.349 e. The van der Waals surface area contributed by atoms with Crippen LogP contribution in [0.25, 0.3) is 0 Å². The Morgan fingerprint density at radius 2 is 2.10 bits per heavy atom. The molecule has 0 radical (unpaired) electrons. The molecule has 20 heavy (non-hydrogen) atoms. The molecule has 0 bridgehead atoms. The Morgan fingerprint density at radius 1 is 1.35 bits per heavy atom. The average molecular weight is 292 g/mol. The lowest BCUT2D eigenvalue weighted by atomic mass is 9.88. The van der Waals surface area contributed by atoms with Gasteiger partial charge in [-0.1, -0.05) is 6.92 Å². The number of amides is 1. The zero-order valence-electron chi connectivity index (χ0n) is 12.4. The summed E-state index contributed by atoms with van der Waals surface area (Å²) in [5.74, 6) is 0.928. The molecule has 2 heterocycles. The van der Waals surface area contributed by atoms with Crippen molar-refractivity contribution in [3.8, 4) is 0 Å². The Balaban J connectivity index is 1.66. The van der Waals surface area contributed by atoms with E-state index in [1.165, 1.54) is 16.9 Å². The highest BCUT2D eigenvalue weighted by Gasteiger charge is 2.25. The Morgan fingerprint density at radius 3 is 2.85 bits per heavy atom. The topological polar surface area (TPSA) is 32.3 Å². The second kappa shape index (κ2) is 5.86. The summed E-state index contributed by atoms with van der Waals surface area (Å²) in [5.41, 5.74) is 2.29. The summed E-state index contributed by atoms with van der Waals surface area (Å²) in [7, 11) is 2.15. The van der Waals surface area contributed by atoms with Gasteiger partial charge in [-0.3, -0.25) is 4.79 Å². The number of thiophene rings is 1. The van der Waals surface area contributed by atoms with Crippen LogP contribution in [-0.2, 0) is 12.8 Å². The lowest BCUT2D eigenvalue weighted by Crippen LogP contribution is -2.43. The predicted molar refractivity (Wildman–Crippen MR) is 83.5 cm³/mol. The summed E-state index contributed by atoms with van der Waals surface area (Å²) < 4.78 is 0. The molecule has 3 rings (SSSR count). The van der Waals surface area contributed by atoms with Crippen molar-refractivity contribution in [2.75, 3.05) is 20.1 Å². The van der Waals surface area contributed by atoms with Crippen LogP contribution in [0.4, 0.5) is 0 Å². The summed E-state index contributed by atoms with van der Waals surface area (Å²) >= 11 is 1.78. The smallest absolute Gasteiger partial charge is 0.252 e. The molecule has 110 valence electrons. The summed E-state index contributed by atoms with van der Waals surface area (Å²) in [4.78, 5) is 16.3. The van der Waals surface area contributed by atoms with Gasteiger partial charge in [0, 0.05) is 16.3 Å². The van der Waals surface area contributed by atoms with Crippen molar-refractivity contribution in [2.45, 2.75) is 45.1 Å². The van der Waals surface area contributed by atoms with E-state index in [2.05, 4.69) is 29.6 Å². The molecule has 1 atom stereocenters. The quantitative estimate of drug-likeness (QED) is 0.909.